The number of carbonyl (C=O) groups excluding carboxylic acids is 2. The van der Waals surface area contributed by atoms with E-state index in [2.05, 4.69) is 21.4 Å². The number of hydrazine groups is 1. The molecule has 0 aliphatic rings. The topological polar surface area (TPSA) is 111 Å². The van der Waals surface area contributed by atoms with E-state index in [1.165, 1.54) is 0 Å². The minimum atomic E-state index is -1.08. The molecule has 0 unspecified atom stereocenters. The highest BCUT2D eigenvalue weighted by molar-refractivity contribution is 9.10. The molecule has 2 N–H and O–H groups in total. The third-order valence-corrected chi connectivity index (χ3v) is 3.44. The molecule has 0 bridgehead atoms. The molecule has 0 aliphatic carbocycles. The SMILES string of the molecule is O=C(COc1ccc(Br)cc1)NNC(=O)c1ccc([N+](=O)[O-])cc1F. The molecule has 0 radical (unpaired) electrons. The normalized spacial score (nSPS) is 10.0. The van der Waals surface area contributed by atoms with Gasteiger partial charge in [0.15, 0.2) is 6.61 Å². The van der Waals surface area contributed by atoms with Crippen molar-refractivity contribution in [2.75, 3.05) is 6.61 Å². The van der Waals surface area contributed by atoms with Crippen molar-refractivity contribution in [3.63, 3.8) is 0 Å². The predicted octanol–water partition coefficient (Wildman–Crippen LogP) is 2.34. The van der Waals surface area contributed by atoms with Gasteiger partial charge in [0.05, 0.1) is 16.6 Å². The molecule has 25 heavy (non-hydrogen) atoms. The maximum absolute atomic E-state index is 13.7. The fraction of sp³-hybridized carbons (Fsp3) is 0.0667. The summed E-state index contributed by atoms with van der Waals surface area (Å²) >= 11 is 3.26. The predicted molar refractivity (Wildman–Crippen MR) is 88.3 cm³/mol. The summed E-state index contributed by atoms with van der Waals surface area (Å²) in [4.78, 5) is 33.1. The number of nitro benzene ring substituents is 1. The van der Waals surface area contributed by atoms with Crippen molar-refractivity contribution in [1.82, 2.24) is 10.9 Å². The molecule has 0 fully saturated rings. The third-order valence-electron chi connectivity index (χ3n) is 2.91. The van der Waals surface area contributed by atoms with Crippen LogP contribution in [-0.4, -0.2) is 23.3 Å². The number of hydrogen-bond donors (Lipinski definition) is 2. The number of nitrogens with one attached hydrogen (secondary N) is 2. The molecule has 2 amide bonds. The van der Waals surface area contributed by atoms with Crippen LogP contribution in [0.25, 0.3) is 0 Å². The summed E-state index contributed by atoms with van der Waals surface area (Å²) in [5.41, 5.74) is 3.12. The van der Waals surface area contributed by atoms with E-state index in [0.717, 1.165) is 16.6 Å². The molecule has 0 aliphatic heterocycles. The average molecular weight is 412 g/mol. The summed E-state index contributed by atoms with van der Waals surface area (Å²) in [5, 5.41) is 10.5. The van der Waals surface area contributed by atoms with Gasteiger partial charge in [0.1, 0.15) is 11.6 Å². The molecule has 0 saturated carbocycles. The minimum absolute atomic E-state index is 0.370. The van der Waals surface area contributed by atoms with Crippen molar-refractivity contribution in [3.8, 4) is 5.75 Å². The summed E-state index contributed by atoms with van der Waals surface area (Å²) in [6.07, 6.45) is 0. The highest BCUT2D eigenvalue weighted by atomic mass is 79.9. The van der Waals surface area contributed by atoms with E-state index in [-0.39, 0.29) is 6.61 Å². The Kier molecular flexibility index (Phi) is 6.01. The van der Waals surface area contributed by atoms with Gasteiger partial charge in [0, 0.05) is 10.5 Å². The van der Waals surface area contributed by atoms with Gasteiger partial charge in [-0.3, -0.25) is 30.6 Å². The number of hydrogen-bond acceptors (Lipinski definition) is 5. The number of amides is 2. The molecule has 0 atom stereocenters. The van der Waals surface area contributed by atoms with Crippen molar-refractivity contribution in [1.29, 1.82) is 0 Å². The van der Waals surface area contributed by atoms with Gasteiger partial charge in [-0.25, -0.2) is 4.39 Å². The van der Waals surface area contributed by atoms with Gasteiger partial charge < -0.3 is 4.74 Å². The van der Waals surface area contributed by atoms with Crippen LogP contribution in [0.3, 0.4) is 0 Å². The van der Waals surface area contributed by atoms with Crippen LogP contribution >= 0.6 is 15.9 Å². The molecular formula is C15H11BrFN3O5. The Morgan fingerprint density at radius 1 is 1.16 bits per heavy atom. The lowest BCUT2D eigenvalue weighted by Gasteiger charge is -2.09. The summed E-state index contributed by atoms with van der Waals surface area (Å²) in [7, 11) is 0. The van der Waals surface area contributed by atoms with E-state index in [1.807, 2.05) is 5.43 Å². The Labute approximate surface area is 149 Å². The molecule has 2 aromatic rings. The van der Waals surface area contributed by atoms with E-state index >= 15 is 0 Å². The van der Waals surface area contributed by atoms with E-state index in [0.29, 0.717) is 11.8 Å². The van der Waals surface area contributed by atoms with Crippen LogP contribution in [0.5, 0.6) is 5.75 Å². The highest BCUT2D eigenvalue weighted by Crippen LogP contribution is 2.17. The van der Waals surface area contributed by atoms with Gasteiger partial charge in [-0.15, -0.1) is 0 Å². The van der Waals surface area contributed by atoms with Crippen LogP contribution in [0.2, 0.25) is 0 Å². The number of ether oxygens (including phenoxy) is 1. The van der Waals surface area contributed by atoms with Crippen LogP contribution in [0, 0.1) is 15.9 Å². The van der Waals surface area contributed by atoms with Crippen LogP contribution in [0.1, 0.15) is 10.4 Å². The highest BCUT2D eigenvalue weighted by Gasteiger charge is 2.16. The first-order valence-electron chi connectivity index (χ1n) is 6.78. The molecule has 8 nitrogen and oxygen atoms in total. The Balaban J connectivity index is 1.85. The second-order valence-electron chi connectivity index (χ2n) is 4.67. The van der Waals surface area contributed by atoms with Crippen LogP contribution in [0.4, 0.5) is 10.1 Å². The zero-order valence-electron chi connectivity index (χ0n) is 12.5. The largest absolute Gasteiger partial charge is 0.484 e. The monoisotopic (exact) mass is 411 g/mol. The number of non-ortho nitro benzene ring substituents is 1. The van der Waals surface area contributed by atoms with E-state index < -0.39 is 33.8 Å². The summed E-state index contributed by atoms with van der Waals surface area (Å²) < 4.78 is 19.7. The number of nitrogens with zero attached hydrogens (tertiary/aromatic N) is 1. The number of carbonyl (C=O) groups is 2. The summed E-state index contributed by atoms with van der Waals surface area (Å²) in [6, 6.07) is 9.29. The average Bonchev–Trinajstić information content (AvgIpc) is 2.59. The molecular weight excluding hydrogens is 401 g/mol. The Morgan fingerprint density at radius 2 is 1.84 bits per heavy atom. The zero-order valence-corrected chi connectivity index (χ0v) is 14.1. The first-order valence-corrected chi connectivity index (χ1v) is 7.57. The molecule has 130 valence electrons. The number of benzene rings is 2. The van der Waals surface area contributed by atoms with Crippen LogP contribution in [-0.2, 0) is 4.79 Å². The lowest BCUT2D eigenvalue weighted by molar-refractivity contribution is -0.385. The molecule has 0 heterocycles. The molecule has 2 aromatic carbocycles. The quantitative estimate of drug-likeness (QED) is 0.579. The zero-order chi connectivity index (χ0) is 18.4. The minimum Gasteiger partial charge on any atom is -0.484 e. The van der Waals surface area contributed by atoms with Crippen LogP contribution < -0.4 is 15.6 Å². The smallest absolute Gasteiger partial charge is 0.276 e. The van der Waals surface area contributed by atoms with Crippen molar-refractivity contribution in [3.05, 3.63) is 68.4 Å². The summed E-state index contributed by atoms with van der Waals surface area (Å²) in [5.74, 6) is -2.25. The molecule has 10 heteroatoms. The Hall–Kier alpha value is -3.01. The van der Waals surface area contributed by atoms with Gasteiger partial charge in [0.25, 0.3) is 17.5 Å². The first kappa shape index (κ1) is 18.3. The first-order chi connectivity index (χ1) is 11.9. The van der Waals surface area contributed by atoms with Gasteiger partial charge in [-0.05, 0) is 30.3 Å². The van der Waals surface area contributed by atoms with Gasteiger partial charge in [-0.1, -0.05) is 15.9 Å². The Morgan fingerprint density at radius 3 is 2.44 bits per heavy atom. The van der Waals surface area contributed by atoms with E-state index in [4.69, 9.17) is 4.74 Å². The second-order valence-corrected chi connectivity index (χ2v) is 5.58. The lowest BCUT2D eigenvalue weighted by Crippen LogP contribution is -2.44. The lowest BCUT2D eigenvalue weighted by atomic mass is 10.2. The van der Waals surface area contributed by atoms with Crippen molar-refractivity contribution in [2.24, 2.45) is 0 Å². The maximum atomic E-state index is 13.7. The third kappa shape index (κ3) is 5.24. The van der Waals surface area contributed by atoms with E-state index in [1.54, 1.807) is 24.3 Å². The second kappa shape index (κ2) is 8.20. The van der Waals surface area contributed by atoms with Gasteiger partial charge >= 0.3 is 0 Å². The van der Waals surface area contributed by atoms with Crippen molar-refractivity contribution in [2.45, 2.75) is 0 Å². The fourth-order valence-corrected chi connectivity index (χ4v) is 1.98. The number of rotatable bonds is 5. The van der Waals surface area contributed by atoms with Crippen molar-refractivity contribution >= 4 is 33.4 Å². The van der Waals surface area contributed by atoms with E-state index in [9.17, 15) is 24.1 Å². The maximum Gasteiger partial charge on any atom is 0.276 e. The van der Waals surface area contributed by atoms with Gasteiger partial charge in [-0.2, -0.15) is 0 Å². The number of halogens is 2. The van der Waals surface area contributed by atoms with Gasteiger partial charge in [0.2, 0.25) is 0 Å². The molecule has 0 saturated heterocycles. The molecule has 2 rings (SSSR count). The fourth-order valence-electron chi connectivity index (χ4n) is 1.71. The standard InChI is InChI=1S/C15H11BrFN3O5/c16-9-1-4-11(5-2-9)25-8-14(21)18-19-15(22)12-6-3-10(20(23)24)7-13(12)17/h1-7H,8H2,(H,18,21)(H,19,22). The van der Waals surface area contributed by atoms with Crippen LogP contribution in [0.15, 0.2) is 46.9 Å². The molecule has 0 aromatic heterocycles. The Bertz CT molecular complexity index is 813. The van der Waals surface area contributed by atoms with Crippen molar-refractivity contribution < 1.29 is 23.6 Å². The number of nitro groups is 1. The molecule has 0 spiro atoms. The summed E-state index contributed by atoms with van der Waals surface area (Å²) in [6.45, 7) is -0.370.